The van der Waals surface area contributed by atoms with E-state index in [0.29, 0.717) is 25.9 Å². The number of amides is 2. The maximum absolute atomic E-state index is 12.0. The molecule has 1 saturated heterocycles. The molecule has 0 radical (unpaired) electrons. The number of hydrogen-bond acceptors (Lipinski definition) is 7. The molecular weight excluding hydrogens is 440 g/mol. The fourth-order valence-electron chi connectivity index (χ4n) is 3.46. The molecule has 0 aliphatic carbocycles. The van der Waals surface area contributed by atoms with Crippen LogP contribution in [0.4, 0.5) is 4.79 Å². The number of rotatable bonds is 10. The molecule has 176 valence electrons. The third-order valence-electron chi connectivity index (χ3n) is 5.31. The van der Waals surface area contributed by atoms with E-state index in [2.05, 4.69) is 10.3 Å². The molecule has 7 nitrogen and oxygen atoms in total. The molecule has 8 heteroatoms. The van der Waals surface area contributed by atoms with Crippen molar-refractivity contribution >= 4 is 28.9 Å². The number of ether oxygens (including phenoxy) is 2. The van der Waals surface area contributed by atoms with E-state index in [9.17, 15) is 14.4 Å². The number of nitrogens with zero attached hydrogens (tertiary/aromatic N) is 1. The molecule has 1 aromatic heterocycles. The highest BCUT2D eigenvalue weighted by atomic mass is 32.2. The average molecular weight is 471 g/mol. The van der Waals surface area contributed by atoms with E-state index in [1.807, 2.05) is 57.2 Å². The number of carbonyl (C=O) groups excluding carboxylic acids is 3. The van der Waals surface area contributed by atoms with Crippen molar-refractivity contribution in [1.29, 1.82) is 0 Å². The number of aromatic nitrogens is 1. The third kappa shape index (κ3) is 7.05. The van der Waals surface area contributed by atoms with Gasteiger partial charge in [0, 0.05) is 30.3 Å². The van der Waals surface area contributed by atoms with Gasteiger partial charge in [0.1, 0.15) is 16.6 Å². The molecule has 1 fully saturated rings. The topological polar surface area (TPSA) is 94.6 Å². The second kappa shape index (κ2) is 10.8. The van der Waals surface area contributed by atoms with Crippen LogP contribution in [-0.4, -0.2) is 33.5 Å². The van der Waals surface area contributed by atoms with Crippen molar-refractivity contribution in [2.24, 2.45) is 5.92 Å². The number of carbonyl (C=O) groups is 3. The lowest BCUT2D eigenvalue weighted by Gasteiger charge is -2.18. The van der Waals surface area contributed by atoms with Crippen molar-refractivity contribution in [3.05, 3.63) is 59.4 Å². The van der Waals surface area contributed by atoms with Gasteiger partial charge in [-0.1, -0.05) is 32.0 Å². The fraction of sp³-hybridized carbons (Fsp3) is 0.440. The van der Waals surface area contributed by atoms with Gasteiger partial charge in [0.2, 0.25) is 5.91 Å². The van der Waals surface area contributed by atoms with Crippen molar-refractivity contribution in [1.82, 2.24) is 10.3 Å². The summed E-state index contributed by atoms with van der Waals surface area (Å²) < 4.78 is 10.5. The molecule has 0 saturated carbocycles. The molecule has 33 heavy (non-hydrogen) atoms. The predicted octanol–water partition coefficient (Wildman–Crippen LogP) is 4.64. The van der Waals surface area contributed by atoms with Gasteiger partial charge in [-0.15, -0.1) is 0 Å². The highest BCUT2D eigenvalue weighted by molar-refractivity contribution is 8.16. The number of esters is 1. The molecule has 2 amide bonds. The molecule has 0 spiro atoms. The zero-order chi connectivity index (χ0) is 24.0. The standard InChI is InChI=1S/C25H30N2O5S/c1-16(2)13-22(28)32-17(3)19-7-8-20(26-15-19)11-12-31-21-9-5-18(6-10-21)14-25(4)23(29)27-24(30)33-25/h5-10,15-17H,11-14H2,1-4H3,(H,27,29,30)/t17-,25?/m0/s1. The maximum atomic E-state index is 12.0. The van der Waals surface area contributed by atoms with E-state index in [-0.39, 0.29) is 29.1 Å². The zero-order valence-electron chi connectivity index (χ0n) is 19.4. The Morgan fingerprint density at radius 3 is 2.42 bits per heavy atom. The first-order valence-electron chi connectivity index (χ1n) is 11.0. The normalized spacial score (nSPS) is 18.8. The summed E-state index contributed by atoms with van der Waals surface area (Å²) in [6, 6.07) is 11.4. The van der Waals surface area contributed by atoms with Gasteiger partial charge in [0.15, 0.2) is 0 Å². The van der Waals surface area contributed by atoms with Crippen LogP contribution >= 0.6 is 11.8 Å². The summed E-state index contributed by atoms with van der Waals surface area (Å²) in [5.74, 6) is 0.544. The predicted molar refractivity (Wildman–Crippen MR) is 127 cm³/mol. The first-order chi connectivity index (χ1) is 15.6. The average Bonchev–Trinajstić information content (AvgIpc) is 3.00. The van der Waals surface area contributed by atoms with E-state index < -0.39 is 4.75 Å². The quantitative estimate of drug-likeness (QED) is 0.506. The van der Waals surface area contributed by atoms with Crippen molar-refractivity contribution in [3.8, 4) is 5.75 Å². The molecule has 1 aliphatic heterocycles. The summed E-state index contributed by atoms with van der Waals surface area (Å²) in [4.78, 5) is 39.7. The molecule has 0 bridgehead atoms. The minimum absolute atomic E-state index is 0.200. The van der Waals surface area contributed by atoms with Gasteiger partial charge >= 0.3 is 5.97 Å². The van der Waals surface area contributed by atoms with E-state index in [1.165, 1.54) is 0 Å². The third-order valence-corrected chi connectivity index (χ3v) is 6.37. The number of nitrogens with one attached hydrogen (secondary N) is 1. The van der Waals surface area contributed by atoms with Gasteiger partial charge in [-0.2, -0.15) is 0 Å². The molecule has 2 atom stereocenters. The Morgan fingerprint density at radius 2 is 1.85 bits per heavy atom. The van der Waals surface area contributed by atoms with E-state index >= 15 is 0 Å². The highest BCUT2D eigenvalue weighted by Gasteiger charge is 2.43. The van der Waals surface area contributed by atoms with Crippen LogP contribution in [0, 0.1) is 5.92 Å². The Morgan fingerprint density at radius 1 is 1.12 bits per heavy atom. The smallest absolute Gasteiger partial charge is 0.306 e. The van der Waals surface area contributed by atoms with Gasteiger partial charge < -0.3 is 9.47 Å². The van der Waals surface area contributed by atoms with Crippen molar-refractivity contribution in [3.63, 3.8) is 0 Å². The number of benzene rings is 1. The lowest BCUT2D eigenvalue weighted by Crippen LogP contribution is -2.35. The summed E-state index contributed by atoms with van der Waals surface area (Å²) in [5.41, 5.74) is 2.71. The Labute approximate surface area is 198 Å². The lowest BCUT2D eigenvalue weighted by atomic mass is 9.99. The van der Waals surface area contributed by atoms with Crippen molar-refractivity contribution < 1.29 is 23.9 Å². The summed E-state index contributed by atoms with van der Waals surface area (Å²) in [6.45, 7) is 8.05. The highest BCUT2D eigenvalue weighted by Crippen LogP contribution is 2.34. The van der Waals surface area contributed by atoms with Crippen LogP contribution in [0.2, 0.25) is 0 Å². The molecule has 3 rings (SSSR count). The second-order valence-electron chi connectivity index (χ2n) is 8.81. The molecule has 1 aliphatic rings. The van der Waals surface area contributed by atoms with Crippen molar-refractivity contribution in [2.75, 3.05) is 6.61 Å². The Hall–Kier alpha value is -2.87. The van der Waals surface area contributed by atoms with Gasteiger partial charge in [-0.25, -0.2) is 0 Å². The Kier molecular flexibility index (Phi) is 8.13. The molecule has 1 N–H and O–H groups in total. The van der Waals surface area contributed by atoms with Crippen LogP contribution in [0.1, 0.15) is 57.0 Å². The van der Waals surface area contributed by atoms with Crippen LogP contribution < -0.4 is 10.1 Å². The molecular formula is C25H30N2O5S. The minimum Gasteiger partial charge on any atom is -0.493 e. The van der Waals surface area contributed by atoms with Crippen LogP contribution in [0.3, 0.4) is 0 Å². The largest absolute Gasteiger partial charge is 0.493 e. The summed E-state index contributed by atoms with van der Waals surface area (Å²) in [6.07, 6.45) is 2.92. The summed E-state index contributed by atoms with van der Waals surface area (Å²) >= 11 is 1.03. The maximum Gasteiger partial charge on any atom is 0.306 e. The lowest BCUT2D eigenvalue weighted by molar-refractivity contribution is -0.149. The number of imide groups is 1. The number of hydrogen-bond donors (Lipinski definition) is 1. The first-order valence-corrected chi connectivity index (χ1v) is 11.9. The minimum atomic E-state index is -0.776. The van der Waals surface area contributed by atoms with Crippen molar-refractivity contribution in [2.45, 2.75) is 57.8 Å². The SMILES string of the molecule is CC(C)CC(=O)O[C@@H](C)c1ccc(CCOc2ccc(CC3(C)SC(=O)NC3=O)cc2)nc1. The second-order valence-corrected chi connectivity index (χ2v) is 10.3. The number of pyridine rings is 1. The van der Waals surface area contributed by atoms with Crippen LogP contribution in [-0.2, 0) is 27.2 Å². The Bertz CT molecular complexity index is 991. The molecule has 1 unspecified atom stereocenters. The zero-order valence-corrected chi connectivity index (χ0v) is 20.2. The van der Waals surface area contributed by atoms with E-state index in [0.717, 1.165) is 34.3 Å². The first kappa shape index (κ1) is 24.8. The molecule has 2 aromatic rings. The molecule has 1 aromatic carbocycles. The van der Waals surface area contributed by atoms with Gasteiger partial charge in [0.05, 0.1) is 6.61 Å². The fourth-order valence-corrected chi connectivity index (χ4v) is 4.39. The molecule has 2 heterocycles. The van der Waals surface area contributed by atoms with Crippen LogP contribution in [0.25, 0.3) is 0 Å². The van der Waals surface area contributed by atoms with Crippen LogP contribution in [0.15, 0.2) is 42.6 Å². The van der Waals surface area contributed by atoms with E-state index in [1.54, 1.807) is 13.1 Å². The summed E-state index contributed by atoms with van der Waals surface area (Å²) in [5, 5.41) is 2.04. The summed E-state index contributed by atoms with van der Waals surface area (Å²) in [7, 11) is 0. The van der Waals surface area contributed by atoms with E-state index in [4.69, 9.17) is 9.47 Å². The van der Waals surface area contributed by atoms with Crippen LogP contribution in [0.5, 0.6) is 5.75 Å². The van der Waals surface area contributed by atoms with Gasteiger partial charge in [0.25, 0.3) is 5.24 Å². The number of thioether (sulfide) groups is 1. The Balaban J connectivity index is 1.45. The monoisotopic (exact) mass is 470 g/mol. The van der Waals surface area contributed by atoms with Gasteiger partial charge in [-0.05, 0) is 61.7 Å². The van der Waals surface area contributed by atoms with Gasteiger partial charge in [-0.3, -0.25) is 24.7 Å².